The van der Waals surface area contributed by atoms with Crippen molar-refractivity contribution >= 4 is 16.5 Å². The molecule has 1 aliphatic heterocycles. The number of fused-ring (bicyclic) bond motifs is 2. The van der Waals surface area contributed by atoms with Gasteiger partial charge in [-0.15, -0.1) is 13.2 Å². The molecule has 0 spiro atoms. The summed E-state index contributed by atoms with van der Waals surface area (Å²) in [6, 6.07) is 7.31. The van der Waals surface area contributed by atoms with Crippen molar-refractivity contribution in [3.05, 3.63) is 66.4 Å². The zero-order chi connectivity index (χ0) is 17.6. The predicted molar refractivity (Wildman–Crippen MR) is 108 cm³/mol. The van der Waals surface area contributed by atoms with Gasteiger partial charge in [0.25, 0.3) is 0 Å². The molecule has 0 N–H and O–H groups in total. The van der Waals surface area contributed by atoms with Crippen LogP contribution in [0.1, 0.15) is 30.9 Å². The van der Waals surface area contributed by atoms with Gasteiger partial charge >= 0.3 is 0 Å². The molecule has 2 nitrogen and oxygen atoms in total. The first-order valence-electron chi connectivity index (χ1n) is 9.38. The van der Waals surface area contributed by atoms with Gasteiger partial charge in [0.15, 0.2) is 0 Å². The molecule has 1 aromatic carbocycles. The van der Waals surface area contributed by atoms with Gasteiger partial charge in [0, 0.05) is 42.1 Å². The zero-order valence-electron chi connectivity index (χ0n) is 15.5. The van der Waals surface area contributed by atoms with Crippen LogP contribution in [0.5, 0.6) is 0 Å². The van der Waals surface area contributed by atoms with Gasteiger partial charge in [0.1, 0.15) is 0 Å². The fourth-order valence-electron chi connectivity index (χ4n) is 4.55. The SMILES string of the molecule is C=CC1C=C2c3cccc4c3c(cn4CCCC(=C)C)CC2N(C)C1. The van der Waals surface area contributed by atoms with Gasteiger partial charge in [-0.1, -0.05) is 29.9 Å². The lowest BCUT2D eigenvalue weighted by atomic mass is 9.80. The first kappa shape index (κ1) is 16.4. The third-order valence-electron chi connectivity index (χ3n) is 5.80. The van der Waals surface area contributed by atoms with Crippen molar-refractivity contribution in [2.24, 2.45) is 5.92 Å². The fraction of sp³-hybridized carbons (Fsp3) is 0.391. The quantitative estimate of drug-likeness (QED) is 0.695. The molecule has 130 valence electrons. The molecule has 1 aliphatic carbocycles. The second kappa shape index (κ2) is 6.34. The molecule has 1 aromatic heterocycles. The molecular formula is C23H28N2. The van der Waals surface area contributed by atoms with E-state index in [1.54, 1.807) is 0 Å². The minimum absolute atomic E-state index is 0.450. The van der Waals surface area contributed by atoms with Crippen molar-refractivity contribution < 1.29 is 0 Å². The zero-order valence-corrected chi connectivity index (χ0v) is 15.5. The van der Waals surface area contributed by atoms with Crippen LogP contribution in [0.4, 0.5) is 0 Å². The molecule has 0 saturated carbocycles. The van der Waals surface area contributed by atoms with E-state index in [0.717, 1.165) is 32.4 Å². The molecule has 0 bridgehead atoms. The standard InChI is InChI=1S/C23H28N2/c1-5-17-12-20-19-9-6-10-21-23(19)18(13-22(20)24(4)14-17)15-25(21)11-7-8-16(2)3/h5-6,9-10,12,15,17,22H,1-2,7-8,11,13-14H2,3-4H3. The van der Waals surface area contributed by atoms with Gasteiger partial charge in [-0.05, 0) is 56.0 Å². The van der Waals surface area contributed by atoms with Crippen molar-refractivity contribution in [2.45, 2.75) is 38.8 Å². The van der Waals surface area contributed by atoms with Crippen molar-refractivity contribution in [2.75, 3.05) is 13.6 Å². The molecule has 2 aliphatic rings. The summed E-state index contributed by atoms with van der Waals surface area (Å²) < 4.78 is 2.46. The van der Waals surface area contributed by atoms with Gasteiger partial charge in [0.2, 0.25) is 0 Å². The van der Waals surface area contributed by atoms with Crippen LogP contribution < -0.4 is 0 Å². The number of nitrogens with zero attached hydrogens (tertiary/aromatic N) is 2. The van der Waals surface area contributed by atoms with Gasteiger partial charge in [-0.2, -0.15) is 0 Å². The molecule has 2 heterocycles. The topological polar surface area (TPSA) is 8.17 Å². The molecule has 0 saturated heterocycles. The van der Waals surface area contributed by atoms with Crippen LogP contribution >= 0.6 is 0 Å². The number of hydrogen-bond donors (Lipinski definition) is 0. The smallest absolute Gasteiger partial charge is 0.0489 e. The minimum Gasteiger partial charge on any atom is -0.347 e. The van der Waals surface area contributed by atoms with E-state index in [-0.39, 0.29) is 0 Å². The van der Waals surface area contributed by atoms with Gasteiger partial charge in [-0.3, -0.25) is 4.90 Å². The van der Waals surface area contributed by atoms with E-state index in [2.05, 4.69) is 73.1 Å². The second-order valence-corrected chi connectivity index (χ2v) is 7.79. The van der Waals surface area contributed by atoms with E-state index in [0.29, 0.717) is 12.0 Å². The van der Waals surface area contributed by atoms with E-state index in [4.69, 9.17) is 0 Å². The Hall–Kier alpha value is -2.06. The summed E-state index contributed by atoms with van der Waals surface area (Å²) in [4.78, 5) is 2.50. The highest BCUT2D eigenvalue weighted by Crippen LogP contribution is 2.41. The average Bonchev–Trinajstić information content (AvgIpc) is 2.95. The first-order valence-corrected chi connectivity index (χ1v) is 9.38. The van der Waals surface area contributed by atoms with Crippen LogP contribution in [0.2, 0.25) is 0 Å². The summed E-state index contributed by atoms with van der Waals surface area (Å²) in [7, 11) is 2.25. The molecule has 2 atom stereocenters. The van der Waals surface area contributed by atoms with Crippen LogP contribution in [0, 0.1) is 5.92 Å². The second-order valence-electron chi connectivity index (χ2n) is 7.79. The number of likely N-dealkylation sites (N-methyl/N-ethyl adjacent to an activating group) is 1. The molecule has 2 unspecified atom stereocenters. The van der Waals surface area contributed by atoms with Gasteiger partial charge in [0.05, 0.1) is 0 Å². The van der Waals surface area contributed by atoms with Gasteiger partial charge in [-0.25, -0.2) is 0 Å². The van der Waals surface area contributed by atoms with Crippen LogP contribution in [0.15, 0.2) is 55.3 Å². The Morgan fingerprint density at radius 3 is 2.96 bits per heavy atom. The molecule has 25 heavy (non-hydrogen) atoms. The van der Waals surface area contributed by atoms with E-state index in [9.17, 15) is 0 Å². The lowest BCUT2D eigenvalue weighted by Crippen LogP contribution is -2.42. The molecular weight excluding hydrogens is 304 g/mol. The Morgan fingerprint density at radius 1 is 1.36 bits per heavy atom. The largest absolute Gasteiger partial charge is 0.347 e. The maximum atomic E-state index is 4.04. The minimum atomic E-state index is 0.450. The van der Waals surface area contributed by atoms with Crippen molar-refractivity contribution in [3.8, 4) is 0 Å². The molecule has 4 rings (SSSR count). The Labute approximate surface area is 151 Å². The maximum Gasteiger partial charge on any atom is 0.0489 e. The lowest BCUT2D eigenvalue weighted by Gasteiger charge is -2.39. The van der Waals surface area contributed by atoms with Crippen molar-refractivity contribution in [1.82, 2.24) is 9.47 Å². The Kier molecular flexibility index (Phi) is 4.16. The predicted octanol–water partition coefficient (Wildman–Crippen LogP) is 5.05. The summed E-state index contributed by atoms with van der Waals surface area (Å²) >= 11 is 0. The monoisotopic (exact) mass is 332 g/mol. The number of benzene rings is 1. The lowest BCUT2D eigenvalue weighted by molar-refractivity contribution is 0.261. The third kappa shape index (κ3) is 2.79. The summed E-state index contributed by atoms with van der Waals surface area (Å²) in [5, 5.41) is 1.47. The number of aryl methyl sites for hydroxylation is 1. The number of hydrogen-bond acceptors (Lipinski definition) is 1. The number of aromatic nitrogens is 1. The van der Waals surface area contributed by atoms with E-state index < -0.39 is 0 Å². The highest BCUT2D eigenvalue weighted by atomic mass is 15.1. The highest BCUT2D eigenvalue weighted by molar-refractivity contribution is 5.98. The molecule has 2 aromatic rings. The molecule has 0 radical (unpaired) electrons. The Morgan fingerprint density at radius 2 is 2.20 bits per heavy atom. The first-order chi connectivity index (χ1) is 12.1. The Balaban J connectivity index is 1.78. The highest BCUT2D eigenvalue weighted by Gasteiger charge is 2.33. The van der Waals surface area contributed by atoms with Crippen molar-refractivity contribution in [3.63, 3.8) is 0 Å². The Bertz CT molecular complexity index is 868. The van der Waals surface area contributed by atoms with Crippen LogP contribution in [-0.4, -0.2) is 29.1 Å². The number of rotatable bonds is 5. The fourth-order valence-corrected chi connectivity index (χ4v) is 4.55. The summed E-state index contributed by atoms with van der Waals surface area (Å²) in [5.41, 5.74) is 7.09. The summed E-state index contributed by atoms with van der Waals surface area (Å²) in [6.45, 7) is 12.3. The van der Waals surface area contributed by atoms with Crippen LogP contribution in [-0.2, 0) is 13.0 Å². The summed E-state index contributed by atoms with van der Waals surface area (Å²) in [5.74, 6) is 0.450. The van der Waals surface area contributed by atoms with Gasteiger partial charge < -0.3 is 4.57 Å². The van der Waals surface area contributed by atoms with E-state index in [1.807, 2.05) is 0 Å². The maximum absolute atomic E-state index is 4.04. The van der Waals surface area contributed by atoms with Crippen LogP contribution in [0.3, 0.4) is 0 Å². The number of allylic oxidation sites excluding steroid dienone is 1. The summed E-state index contributed by atoms with van der Waals surface area (Å²) in [6.07, 6.45) is 10.3. The normalized spacial score (nSPS) is 22.6. The third-order valence-corrected chi connectivity index (χ3v) is 5.80. The molecule has 0 amide bonds. The van der Waals surface area contributed by atoms with E-state index in [1.165, 1.54) is 33.2 Å². The van der Waals surface area contributed by atoms with Crippen LogP contribution in [0.25, 0.3) is 16.5 Å². The average molecular weight is 332 g/mol. The molecule has 0 fully saturated rings. The van der Waals surface area contributed by atoms with E-state index >= 15 is 0 Å². The molecule has 2 heteroatoms. The van der Waals surface area contributed by atoms with Crippen molar-refractivity contribution in [1.29, 1.82) is 0 Å².